The lowest BCUT2D eigenvalue weighted by Gasteiger charge is -2.29. The maximum absolute atomic E-state index is 12.4. The van der Waals surface area contributed by atoms with E-state index in [2.05, 4.69) is 15.5 Å². The Morgan fingerprint density at radius 1 is 1.28 bits per heavy atom. The Hall–Kier alpha value is -2.84. The molecule has 0 aromatic heterocycles. The molecule has 0 saturated carbocycles. The highest BCUT2D eigenvalue weighted by Crippen LogP contribution is 2.31. The van der Waals surface area contributed by atoms with Gasteiger partial charge in [0, 0.05) is 23.9 Å². The third-order valence-electron chi connectivity index (χ3n) is 4.94. The van der Waals surface area contributed by atoms with E-state index in [-0.39, 0.29) is 16.8 Å². The number of anilines is 1. The summed E-state index contributed by atoms with van der Waals surface area (Å²) < 4.78 is 5.50. The van der Waals surface area contributed by atoms with Crippen molar-refractivity contribution in [3.8, 4) is 5.75 Å². The molecule has 1 heterocycles. The first kappa shape index (κ1) is 20.9. The van der Waals surface area contributed by atoms with Crippen molar-refractivity contribution >= 4 is 29.0 Å². The van der Waals surface area contributed by atoms with E-state index in [4.69, 9.17) is 16.3 Å². The predicted octanol–water partition coefficient (Wildman–Crippen LogP) is 4.22. The molecule has 0 spiro atoms. The van der Waals surface area contributed by atoms with Gasteiger partial charge in [-0.1, -0.05) is 29.8 Å². The van der Waals surface area contributed by atoms with Crippen molar-refractivity contribution in [2.24, 2.45) is 0 Å². The van der Waals surface area contributed by atoms with Gasteiger partial charge in [-0.2, -0.15) is 0 Å². The minimum atomic E-state index is -0.587. The molecule has 2 amide bonds. The highest BCUT2D eigenvalue weighted by Gasteiger charge is 2.26. The van der Waals surface area contributed by atoms with Crippen LogP contribution in [0.15, 0.2) is 42.5 Å². The molecule has 1 aliphatic heterocycles. The van der Waals surface area contributed by atoms with Crippen molar-refractivity contribution in [3.05, 3.63) is 63.2 Å². The number of para-hydroxylation sites is 1. The third kappa shape index (κ3) is 5.16. The van der Waals surface area contributed by atoms with Crippen molar-refractivity contribution in [2.75, 3.05) is 32.1 Å². The first-order chi connectivity index (χ1) is 14.0. The van der Waals surface area contributed by atoms with Gasteiger partial charge in [0.1, 0.15) is 10.8 Å². The van der Waals surface area contributed by atoms with Crippen molar-refractivity contribution in [1.82, 2.24) is 10.2 Å². The number of nitrogens with one attached hydrogen (secondary N) is 2. The van der Waals surface area contributed by atoms with E-state index < -0.39 is 11.0 Å². The normalized spacial score (nSPS) is 15.0. The van der Waals surface area contributed by atoms with Gasteiger partial charge in [0.2, 0.25) is 0 Å². The number of nitro groups is 1. The monoisotopic (exact) mass is 418 g/mol. The fraction of sp³-hybridized carbons (Fsp3) is 0.350. The van der Waals surface area contributed by atoms with Crippen molar-refractivity contribution in [1.29, 1.82) is 0 Å². The van der Waals surface area contributed by atoms with Gasteiger partial charge in [0.25, 0.3) is 5.69 Å². The Balaban J connectivity index is 1.70. The van der Waals surface area contributed by atoms with Crippen LogP contribution in [0.25, 0.3) is 0 Å². The average Bonchev–Trinajstić information content (AvgIpc) is 3.24. The Morgan fingerprint density at radius 2 is 2.00 bits per heavy atom. The molecule has 1 unspecified atom stereocenters. The summed E-state index contributed by atoms with van der Waals surface area (Å²) in [5.41, 5.74) is 1.06. The summed E-state index contributed by atoms with van der Waals surface area (Å²) in [7, 11) is 1.63. The number of urea groups is 1. The largest absolute Gasteiger partial charge is 0.496 e. The van der Waals surface area contributed by atoms with Crippen LogP contribution in [-0.4, -0.2) is 42.6 Å². The lowest BCUT2D eigenvalue weighted by molar-refractivity contribution is -0.384. The zero-order valence-electron chi connectivity index (χ0n) is 16.1. The molecule has 1 saturated heterocycles. The standard InChI is InChI=1S/C20H23ClN4O4/c1-29-19-7-3-2-6-15(19)18(24-10-4-5-11-24)13-22-20(26)23-14-8-9-16(21)17(12-14)25(27)28/h2-3,6-9,12,18H,4-5,10-11,13H2,1H3,(H2,22,23,26). The van der Waals surface area contributed by atoms with Crippen LogP contribution in [0.3, 0.4) is 0 Å². The number of carbonyl (C=O) groups excluding carboxylic acids is 1. The second-order valence-corrected chi connectivity index (χ2v) is 7.17. The number of hydrogen-bond donors (Lipinski definition) is 2. The molecule has 1 atom stereocenters. The number of ether oxygens (including phenoxy) is 1. The van der Waals surface area contributed by atoms with Crippen LogP contribution in [0.1, 0.15) is 24.4 Å². The van der Waals surface area contributed by atoms with E-state index >= 15 is 0 Å². The number of carbonyl (C=O) groups is 1. The van der Waals surface area contributed by atoms with Crippen LogP contribution in [-0.2, 0) is 0 Å². The Kier molecular flexibility index (Phi) is 6.90. The molecule has 2 aromatic rings. The molecule has 1 fully saturated rings. The number of methoxy groups -OCH3 is 1. The molecule has 8 nitrogen and oxygen atoms in total. The summed E-state index contributed by atoms with van der Waals surface area (Å²) in [6.07, 6.45) is 2.23. The quantitative estimate of drug-likeness (QED) is 0.518. The number of likely N-dealkylation sites (tertiary alicyclic amines) is 1. The highest BCUT2D eigenvalue weighted by molar-refractivity contribution is 6.32. The zero-order valence-corrected chi connectivity index (χ0v) is 16.8. The molecule has 0 bridgehead atoms. The van der Waals surface area contributed by atoms with Gasteiger partial charge in [-0.3, -0.25) is 15.0 Å². The molecule has 0 aliphatic carbocycles. The van der Waals surface area contributed by atoms with Gasteiger partial charge in [-0.05, 0) is 44.1 Å². The first-order valence-electron chi connectivity index (χ1n) is 9.35. The van der Waals surface area contributed by atoms with Crippen LogP contribution >= 0.6 is 11.6 Å². The highest BCUT2D eigenvalue weighted by atomic mass is 35.5. The van der Waals surface area contributed by atoms with Gasteiger partial charge >= 0.3 is 6.03 Å². The average molecular weight is 419 g/mol. The van der Waals surface area contributed by atoms with Gasteiger partial charge in [0.05, 0.1) is 18.1 Å². The van der Waals surface area contributed by atoms with E-state index in [0.29, 0.717) is 12.2 Å². The lowest BCUT2D eigenvalue weighted by atomic mass is 10.0. The van der Waals surface area contributed by atoms with Crippen LogP contribution < -0.4 is 15.4 Å². The summed E-state index contributed by atoms with van der Waals surface area (Å²) in [6.45, 7) is 2.28. The Bertz CT molecular complexity index is 887. The maximum Gasteiger partial charge on any atom is 0.319 e. The molecule has 2 aromatic carbocycles. The summed E-state index contributed by atoms with van der Waals surface area (Å²) >= 11 is 5.81. The molecule has 9 heteroatoms. The molecule has 154 valence electrons. The van der Waals surface area contributed by atoms with Gasteiger partial charge in [0.15, 0.2) is 0 Å². The maximum atomic E-state index is 12.4. The number of rotatable bonds is 7. The van der Waals surface area contributed by atoms with Crippen LogP contribution in [0.5, 0.6) is 5.75 Å². The molecule has 2 N–H and O–H groups in total. The zero-order chi connectivity index (χ0) is 20.8. The van der Waals surface area contributed by atoms with Crippen LogP contribution in [0.4, 0.5) is 16.2 Å². The van der Waals surface area contributed by atoms with E-state index in [0.717, 1.165) is 37.2 Å². The summed E-state index contributed by atoms with van der Waals surface area (Å²) in [5.74, 6) is 0.778. The third-order valence-corrected chi connectivity index (χ3v) is 5.26. The van der Waals surface area contributed by atoms with Crippen molar-refractivity contribution < 1.29 is 14.5 Å². The Morgan fingerprint density at radius 3 is 2.69 bits per heavy atom. The summed E-state index contributed by atoms with van der Waals surface area (Å²) in [5, 5.41) is 16.5. The number of nitro benzene ring substituents is 1. The molecule has 3 rings (SSSR count). The second-order valence-electron chi connectivity index (χ2n) is 6.76. The number of halogens is 1. The summed E-state index contributed by atoms with van der Waals surface area (Å²) in [4.78, 5) is 25.2. The number of benzene rings is 2. The molecule has 0 radical (unpaired) electrons. The fourth-order valence-electron chi connectivity index (χ4n) is 3.53. The van der Waals surface area contributed by atoms with E-state index in [1.165, 1.54) is 18.2 Å². The van der Waals surface area contributed by atoms with Crippen molar-refractivity contribution in [2.45, 2.75) is 18.9 Å². The van der Waals surface area contributed by atoms with E-state index in [1.807, 2.05) is 24.3 Å². The van der Waals surface area contributed by atoms with E-state index in [9.17, 15) is 14.9 Å². The van der Waals surface area contributed by atoms with Crippen molar-refractivity contribution in [3.63, 3.8) is 0 Å². The smallest absolute Gasteiger partial charge is 0.319 e. The number of hydrogen-bond acceptors (Lipinski definition) is 5. The number of nitrogens with zero attached hydrogens (tertiary/aromatic N) is 2. The van der Waals surface area contributed by atoms with Gasteiger partial charge in [-0.15, -0.1) is 0 Å². The predicted molar refractivity (Wildman–Crippen MR) is 112 cm³/mol. The van der Waals surface area contributed by atoms with Crippen LogP contribution in [0.2, 0.25) is 5.02 Å². The molecule has 29 heavy (non-hydrogen) atoms. The minimum absolute atomic E-state index is 0.0197. The minimum Gasteiger partial charge on any atom is -0.496 e. The first-order valence-corrected chi connectivity index (χ1v) is 9.73. The van der Waals surface area contributed by atoms with E-state index in [1.54, 1.807) is 7.11 Å². The molecular weight excluding hydrogens is 396 g/mol. The fourth-order valence-corrected chi connectivity index (χ4v) is 3.71. The summed E-state index contributed by atoms with van der Waals surface area (Å²) in [6, 6.07) is 11.4. The Labute approximate surface area is 173 Å². The molecular formula is C20H23ClN4O4. The SMILES string of the molecule is COc1ccccc1C(CNC(=O)Nc1ccc(Cl)c([N+](=O)[O-])c1)N1CCCC1. The van der Waals surface area contributed by atoms with Gasteiger partial charge < -0.3 is 15.4 Å². The molecule has 1 aliphatic rings. The second kappa shape index (κ2) is 9.58. The number of amides is 2. The van der Waals surface area contributed by atoms with Crippen LogP contribution in [0, 0.1) is 10.1 Å². The lowest BCUT2D eigenvalue weighted by Crippen LogP contribution is -2.38. The van der Waals surface area contributed by atoms with Gasteiger partial charge in [-0.25, -0.2) is 4.79 Å². The topological polar surface area (TPSA) is 96.7 Å².